The van der Waals surface area contributed by atoms with E-state index in [1.807, 2.05) is 20.8 Å². The molecule has 3 heteroatoms. The van der Waals surface area contributed by atoms with Crippen LogP contribution in [0.5, 0.6) is 0 Å². The van der Waals surface area contributed by atoms with Gasteiger partial charge in [-0.15, -0.1) is 0 Å². The lowest BCUT2D eigenvalue weighted by Crippen LogP contribution is -2.49. The maximum atomic E-state index is 10.1. The van der Waals surface area contributed by atoms with Crippen molar-refractivity contribution in [1.82, 2.24) is 0 Å². The van der Waals surface area contributed by atoms with Crippen molar-refractivity contribution in [3.63, 3.8) is 0 Å². The van der Waals surface area contributed by atoms with Crippen molar-refractivity contribution in [3.05, 3.63) is 0 Å². The molecular weight excluding hydrogens is 204 g/mol. The van der Waals surface area contributed by atoms with Gasteiger partial charge in [0.1, 0.15) is 0 Å². The first-order valence-corrected chi connectivity index (χ1v) is 8.75. The van der Waals surface area contributed by atoms with Gasteiger partial charge >= 0.3 is 0 Å². The Bertz CT molecular complexity index is 204. The zero-order chi connectivity index (χ0) is 12.5. The van der Waals surface area contributed by atoms with Crippen molar-refractivity contribution in [1.29, 1.82) is 0 Å². The van der Waals surface area contributed by atoms with E-state index in [9.17, 15) is 5.11 Å². The molecule has 0 aromatic rings. The van der Waals surface area contributed by atoms with Crippen molar-refractivity contribution in [2.75, 3.05) is 0 Å². The first-order chi connectivity index (χ1) is 6.44. The van der Waals surface area contributed by atoms with Gasteiger partial charge in [-0.3, -0.25) is 0 Å². The Morgan fingerprint density at radius 2 is 1.60 bits per heavy atom. The van der Waals surface area contributed by atoms with Crippen molar-refractivity contribution in [2.45, 2.75) is 77.8 Å². The van der Waals surface area contributed by atoms with Crippen molar-refractivity contribution in [3.8, 4) is 0 Å². The molecule has 0 aliphatic rings. The van der Waals surface area contributed by atoms with Crippen LogP contribution >= 0.6 is 0 Å². The molecule has 0 heterocycles. The fourth-order valence-electron chi connectivity index (χ4n) is 1.03. The van der Waals surface area contributed by atoms with Gasteiger partial charge in [-0.25, -0.2) is 0 Å². The van der Waals surface area contributed by atoms with E-state index in [2.05, 4.69) is 33.9 Å². The molecule has 0 bridgehead atoms. The van der Waals surface area contributed by atoms with Crippen LogP contribution in [0.4, 0.5) is 0 Å². The van der Waals surface area contributed by atoms with E-state index in [0.717, 1.165) is 6.42 Å². The summed E-state index contributed by atoms with van der Waals surface area (Å²) >= 11 is 0. The molecule has 0 radical (unpaired) electrons. The van der Waals surface area contributed by atoms with E-state index in [1.165, 1.54) is 0 Å². The lowest BCUT2D eigenvalue weighted by atomic mass is 9.98. The summed E-state index contributed by atoms with van der Waals surface area (Å²) in [6, 6.07) is 0. The van der Waals surface area contributed by atoms with Crippen molar-refractivity contribution in [2.24, 2.45) is 0 Å². The molecule has 0 fully saturated rings. The molecule has 0 aromatic heterocycles. The van der Waals surface area contributed by atoms with Gasteiger partial charge in [0.25, 0.3) is 0 Å². The second kappa shape index (κ2) is 4.56. The molecule has 92 valence electrons. The number of aliphatic hydroxyl groups is 1. The summed E-state index contributed by atoms with van der Waals surface area (Å²) in [5.41, 5.74) is -0.713. The van der Waals surface area contributed by atoms with Crippen LogP contribution in [0.2, 0.25) is 18.1 Å². The van der Waals surface area contributed by atoms with Crippen LogP contribution in [-0.2, 0) is 4.43 Å². The van der Waals surface area contributed by atoms with Gasteiger partial charge in [-0.1, -0.05) is 27.7 Å². The van der Waals surface area contributed by atoms with Crippen LogP contribution in [-0.4, -0.2) is 25.1 Å². The largest absolute Gasteiger partial charge is 0.411 e. The highest BCUT2D eigenvalue weighted by molar-refractivity contribution is 6.74. The third-order valence-corrected chi connectivity index (χ3v) is 8.42. The Balaban J connectivity index is 4.61. The molecule has 0 aliphatic heterocycles. The van der Waals surface area contributed by atoms with Gasteiger partial charge in [0.2, 0.25) is 0 Å². The first kappa shape index (κ1) is 15.1. The number of hydrogen-bond acceptors (Lipinski definition) is 2. The lowest BCUT2D eigenvalue weighted by molar-refractivity contribution is -0.0474. The van der Waals surface area contributed by atoms with E-state index >= 15 is 0 Å². The summed E-state index contributed by atoms with van der Waals surface area (Å²) < 4.78 is 6.15. The van der Waals surface area contributed by atoms with Crippen molar-refractivity contribution < 1.29 is 9.53 Å². The fraction of sp³-hybridized carbons (Fsp3) is 1.00. The molecule has 0 aromatic carbocycles. The lowest BCUT2D eigenvalue weighted by Gasteiger charge is -2.42. The number of hydrogen-bond donors (Lipinski definition) is 1. The standard InChI is InChI=1S/C12H28O2Si/c1-9-12(6,13)10(2)14-15(7,8)11(3,4)5/h10,13H,9H2,1-8H3. The zero-order valence-electron chi connectivity index (χ0n) is 11.6. The minimum Gasteiger partial charge on any atom is -0.411 e. The van der Waals surface area contributed by atoms with Gasteiger partial charge in [0, 0.05) is 0 Å². The maximum Gasteiger partial charge on any atom is 0.192 e. The van der Waals surface area contributed by atoms with E-state index in [4.69, 9.17) is 4.43 Å². The van der Waals surface area contributed by atoms with Crippen LogP contribution in [0, 0.1) is 0 Å². The summed E-state index contributed by atoms with van der Waals surface area (Å²) in [6.07, 6.45) is 0.631. The monoisotopic (exact) mass is 232 g/mol. The Morgan fingerprint density at radius 3 is 1.87 bits per heavy atom. The zero-order valence-corrected chi connectivity index (χ0v) is 12.6. The molecule has 0 spiro atoms. The van der Waals surface area contributed by atoms with Crippen LogP contribution in [0.1, 0.15) is 48.0 Å². The molecule has 0 saturated heterocycles. The maximum absolute atomic E-state index is 10.1. The first-order valence-electron chi connectivity index (χ1n) is 5.84. The van der Waals surface area contributed by atoms with Gasteiger partial charge in [-0.2, -0.15) is 0 Å². The molecule has 2 atom stereocenters. The predicted molar refractivity (Wildman–Crippen MR) is 68.7 cm³/mol. The highest BCUT2D eigenvalue weighted by Crippen LogP contribution is 2.38. The molecular formula is C12H28O2Si. The third-order valence-electron chi connectivity index (χ3n) is 3.87. The second-order valence-corrected chi connectivity index (χ2v) is 11.0. The topological polar surface area (TPSA) is 29.5 Å². The summed E-state index contributed by atoms with van der Waals surface area (Å²) in [5.74, 6) is 0. The normalized spacial score (nSPS) is 19.8. The highest BCUT2D eigenvalue weighted by atomic mass is 28.4. The van der Waals surface area contributed by atoms with Gasteiger partial charge in [-0.05, 0) is 38.4 Å². The SMILES string of the molecule is CCC(C)(O)C(C)O[Si](C)(C)C(C)(C)C. The smallest absolute Gasteiger partial charge is 0.192 e. The summed E-state index contributed by atoms with van der Waals surface area (Å²) in [5, 5.41) is 10.3. The average Bonchev–Trinajstić information content (AvgIpc) is 2.01. The van der Waals surface area contributed by atoms with Gasteiger partial charge < -0.3 is 9.53 Å². The molecule has 0 rings (SSSR count). The molecule has 2 nitrogen and oxygen atoms in total. The quantitative estimate of drug-likeness (QED) is 0.751. The second-order valence-electron chi connectivity index (χ2n) is 6.23. The minimum absolute atomic E-state index is 0.0941. The minimum atomic E-state index is -1.75. The molecule has 1 N–H and O–H groups in total. The predicted octanol–water partition coefficient (Wildman–Crippen LogP) is 3.56. The van der Waals surface area contributed by atoms with Gasteiger partial charge in [0.05, 0.1) is 11.7 Å². The van der Waals surface area contributed by atoms with Crippen LogP contribution < -0.4 is 0 Å². The van der Waals surface area contributed by atoms with Crippen LogP contribution in [0.15, 0.2) is 0 Å². The average molecular weight is 232 g/mol. The van der Waals surface area contributed by atoms with E-state index < -0.39 is 13.9 Å². The molecule has 15 heavy (non-hydrogen) atoms. The Labute approximate surface area is 96.2 Å². The molecule has 0 amide bonds. The summed E-state index contributed by atoms with van der Waals surface area (Å²) in [7, 11) is -1.75. The van der Waals surface area contributed by atoms with Crippen molar-refractivity contribution >= 4 is 8.32 Å². The third kappa shape index (κ3) is 3.89. The van der Waals surface area contributed by atoms with E-state index in [-0.39, 0.29) is 11.1 Å². The fourth-order valence-corrected chi connectivity index (χ4v) is 2.52. The molecule has 0 aliphatic carbocycles. The van der Waals surface area contributed by atoms with Crippen LogP contribution in [0.25, 0.3) is 0 Å². The van der Waals surface area contributed by atoms with Crippen LogP contribution in [0.3, 0.4) is 0 Å². The summed E-state index contributed by atoms with van der Waals surface area (Å²) in [4.78, 5) is 0. The molecule has 0 saturated carbocycles. The highest BCUT2D eigenvalue weighted by Gasteiger charge is 2.41. The van der Waals surface area contributed by atoms with E-state index in [0.29, 0.717) is 0 Å². The Kier molecular flexibility index (Phi) is 4.60. The molecule has 2 unspecified atom stereocenters. The number of rotatable bonds is 4. The Hall–Kier alpha value is 0.137. The van der Waals surface area contributed by atoms with E-state index in [1.54, 1.807) is 0 Å². The Morgan fingerprint density at radius 1 is 1.20 bits per heavy atom. The summed E-state index contributed by atoms with van der Waals surface area (Å²) in [6.45, 7) is 16.9. The van der Waals surface area contributed by atoms with Gasteiger partial charge in [0.15, 0.2) is 8.32 Å².